The fourth-order valence-corrected chi connectivity index (χ4v) is 1.45. The van der Waals surface area contributed by atoms with Crippen LogP contribution in [0.4, 0.5) is 0 Å². The molecule has 0 atom stereocenters. The van der Waals surface area contributed by atoms with Crippen LogP contribution in [0.15, 0.2) is 18.2 Å². The van der Waals surface area contributed by atoms with Crippen molar-refractivity contribution in [1.82, 2.24) is 0 Å². The normalized spacial score (nSPS) is 10.2. The summed E-state index contributed by atoms with van der Waals surface area (Å²) in [5.41, 5.74) is 7.19. The average Bonchev–Trinajstić information content (AvgIpc) is 2.30. The highest BCUT2D eigenvalue weighted by atomic mass is 16.5. The van der Waals surface area contributed by atoms with E-state index in [0.717, 1.165) is 30.8 Å². The number of nitrogens with one attached hydrogen (secondary N) is 1. The molecule has 94 valence electrons. The molecule has 0 aliphatic heterocycles. The first-order valence-corrected chi connectivity index (χ1v) is 5.72. The van der Waals surface area contributed by atoms with Crippen LogP contribution in [0.25, 0.3) is 0 Å². The molecule has 0 fully saturated rings. The minimum Gasteiger partial charge on any atom is -0.493 e. The van der Waals surface area contributed by atoms with Gasteiger partial charge in [0, 0.05) is 19.3 Å². The second kappa shape index (κ2) is 6.91. The Morgan fingerprint density at radius 2 is 2.00 bits per heavy atom. The molecule has 0 heterocycles. The zero-order chi connectivity index (χ0) is 12.7. The SMILES string of the molecule is COCCCCOc1cc(C(=N)N)ccc1C. The summed E-state index contributed by atoms with van der Waals surface area (Å²) in [6, 6.07) is 5.56. The van der Waals surface area contributed by atoms with Crippen LogP contribution >= 0.6 is 0 Å². The molecule has 4 nitrogen and oxygen atoms in total. The fraction of sp³-hybridized carbons (Fsp3) is 0.462. The van der Waals surface area contributed by atoms with Gasteiger partial charge in [0.05, 0.1) is 6.61 Å². The van der Waals surface area contributed by atoms with Gasteiger partial charge >= 0.3 is 0 Å². The van der Waals surface area contributed by atoms with E-state index in [2.05, 4.69) is 0 Å². The molecule has 1 aromatic rings. The second-order valence-electron chi connectivity index (χ2n) is 3.94. The number of nitrogens with two attached hydrogens (primary N) is 1. The van der Waals surface area contributed by atoms with E-state index >= 15 is 0 Å². The lowest BCUT2D eigenvalue weighted by Gasteiger charge is -2.10. The van der Waals surface area contributed by atoms with Gasteiger partial charge in [-0.25, -0.2) is 0 Å². The number of amidine groups is 1. The van der Waals surface area contributed by atoms with E-state index in [0.29, 0.717) is 12.2 Å². The van der Waals surface area contributed by atoms with Crippen LogP contribution < -0.4 is 10.5 Å². The smallest absolute Gasteiger partial charge is 0.122 e. The van der Waals surface area contributed by atoms with Crippen molar-refractivity contribution in [1.29, 1.82) is 5.41 Å². The maximum atomic E-state index is 7.38. The minimum absolute atomic E-state index is 0.0641. The molecule has 1 aromatic carbocycles. The van der Waals surface area contributed by atoms with Gasteiger partial charge < -0.3 is 15.2 Å². The number of unbranched alkanes of at least 4 members (excludes halogenated alkanes) is 1. The molecule has 0 bridgehead atoms. The van der Waals surface area contributed by atoms with Crippen molar-refractivity contribution in [2.45, 2.75) is 19.8 Å². The number of hydrogen-bond donors (Lipinski definition) is 2. The van der Waals surface area contributed by atoms with Gasteiger partial charge in [-0.05, 0) is 31.4 Å². The Balaban J connectivity index is 2.51. The van der Waals surface area contributed by atoms with Crippen molar-refractivity contribution >= 4 is 5.84 Å². The maximum absolute atomic E-state index is 7.38. The highest BCUT2D eigenvalue weighted by molar-refractivity contribution is 5.95. The number of ether oxygens (including phenoxy) is 2. The molecule has 0 saturated carbocycles. The van der Waals surface area contributed by atoms with Crippen LogP contribution in [0, 0.1) is 12.3 Å². The fourth-order valence-electron chi connectivity index (χ4n) is 1.45. The molecule has 0 saturated heterocycles. The number of hydrogen-bond acceptors (Lipinski definition) is 3. The van der Waals surface area contributed by atoms with Crippen LogP contribution in [0.1, 0.15) is 24.0 Å². The van der Waals surface area contributed by atoms with Crippen molar-refractivity contribution in [3.05, 3.63) is 29.3 Å². The van der Waals surface area contributed by atoms with Gasteiger partial charge in [-0.1, -0.05) is 12.1 Å². The van der Waals surface area contributed by atoms with Crippen LogP contribution in [-0.2, 0) is 4.74 Å². The van der Waals surface area contributed by atoms with Gasteiger partial charge in [-0.2, -0.15) is 0 Å². The summed E-state index contributed by atoms with van der Waals surface area (Å²) in [6.45, 7) is 3.40. The number of rotatable bonds is 7. The van der Waals surface area contributed by atoms with E-state index < -0.39 is 0 Å². The summed E-state index contributed by atoms with van der Waals surface area (Å²) < 4.78 is 10.6. The Hall–Kier alpha value is -1.55. The van der Waals surface area contributed by atoms with Crippen LogP contribution in [0.3, 0.4) is 0 Å². The molecule has 0 aliphatic carbocycles. The zero-order valence-electron chi connectivity index (χ0n) is 10.5. The van der Waals surface area contributed by atoms with E-state index in [4.69, 9.17) is 20.6 Å². The highest BCUT2D eigenvalue weighted by Crippen LogP contribution is 2.19. The highest BCUT2D eigenvalue weighted by Gasteiger charge is 2.03. The molecule has 17 heavy (non-hydrogen) atoms. The zero-order valence-corrected chi connectivity index (χ0v) is 10.5. The quantitative estimate of drug-likeness (QED) is 0.432. The second-order valence-corrected chi connectivity index (χ2v) is 3.94. The molecule has 0 spiro atoms. The number of aryl methyl sites for hydroxylation is 1. The van der Waals surface area contributed by atoms with E-state index in [1.165, 1.54) is 0 Å². The summed E-state index contributed by atoms with van der Waals surface area (Å²) in [5.74, 6) is 0.865. The van der Waals surface area contributed by atoms with Crippen molar-refractivity contribution in [3.63, 3.8) is 0 Å². The van der Waals surface area contributed by atoms with E-state index in [-0.39, 0.29) is 5.84 Å². The van der Waals surface area contributed by atoms with Gasteiger partial charge in [0.1, 0.15) is 11.6 Å². The summed E-state index contributed by atoms with van der Waals surface area (Å²) in [6.07, 6.45) is 1.94. The van der Waals surface area contributed by atoms with Crippen LogP contribution in [-0.4, -0.2) is 26.2 Å². The third kappa shape index (κ3) is 4.44. The molecule has 1 rings (SSSR count). The van der Waals surface area contributed by atoms with Crippen LogP contribution in [0.5, 0.6) is 5.75 Å². The molecule has 0 aliphatic rings. The van der Waals surface area contributed by atoms with E-state index in [9.17, 15) is 0 Å². The number of methoxy groups -OCH3 is 1. The third-order valence-electron chi connectivity index (χ3n) is 2.50. The van der Waals surface area contributed by atoms with Crippen molar-refractivity contribution in [2.75, 3.05) is 20.3 Å². The van der Waals surface area contributed by atoms with E-state index in [1.54, 1.807) is 7.11 Å². The number of nitrogen functional groups attached to an aromatic ring is 1. The van der Waals surface area contributed by atoms with Gasteiger partial charge in [0.15, 0.2) is 0 Å². The summed E-state index contributed by atoms with van der Waals surface area (Å²) in [5, 5.41) is 7.38. The lowest BCUT2D eigenvalue weighted by molar-refractivity contribution is 0.184. The molecule has 0 radical (unpaired) electrons. The van der Waals surface area contributed by atoms with Gasteiger partial charge in [0.25, 0.3) is 0 Å². The van der Waals surface area contributed by atoms with Crippen LogP contribution in [0.2, 0.25) is 0 Å². The van der Waals surface area contributed by atoms with Gasteiger partial charge in [-0.15, -0.1) is 0 Å². The Bertz CT molecular complexity index is 378. The lowest BCUT2D eigenvalue weighted by atomic mass is 10.1. The van der Waals surface area contributed by atoms with Gasteiger partial charge in [0.2, 0.25) is 0 Å². The van der Waals surface area contributed by atoms with Crippen molar-refractivity contribution in [3.8, 4) is 5.75 Å². The predicted molar refractivity (Wildman–Crippen MR) is 68.8 cm³/mol. The largest absolute Gasteiger partial charge is 0.493 e. The first kappa shape index (κ1) is 13.5. The topological polar surface area (TPSA) is 68.3 Å². The van der Waals surface area contributed by atoms with E-state index in [1.807, 2.05) is 25.1 Å². The molecule has 3 N–H and O–H groups in total. The summed E-state index contributed by atoms with van der Waals surface area (Å²) in [4.78, 5) is 0. The molecular formula is C13H20N2O2. The molecular weight excluding hydrogens is 216 g/mol. The number of benzene rings is 1. The Labute approximate surface area is 102 Å². The van der Waals surface area contributed by atoms with Crippen molar-refractivity contribution in [2.24, 2.45) is 5.73 Å². The first-order valence-electron chi connectivity index (χ1n) is 5.72. The predicted octanol–water partition coefficient (Wildman–Crippen LogP) is 2.08. The Morgan fingerprint density at radius 3 is 2.65 bits per heavy atom. The molecule has 0 unspecified atom stereocenters. The van der Waals surface area contributed by atoms with Gasteiger partial charge in [-0.3, -0.25) is 5.41 Å². The summed E-state index contributed by atoms with van der Waals surface area (Å²) in [7, 11) is 1.70. The standard InChI is InChI=1S/C13H20N2O2/c1-10-5-6-11(13(14)15)9-12(10)17-8-4-3-7-16-2/h5-6,9H,3-4,7-8H2,1-2H3,(H3,14,15). The average molecular weight is 236 g/mol. The monoisotopic (exact) mass is 236 g/mol. The first-order chi connectivity index (χ1) is 8.15. The molecule has 0 amide bonds. The summed E-state index contributed by atoms with van der Waals surface area (Å²) >= 11 is 0. The minimum atomic E-state index is 0.0641. The molecule has 0 aromatic heterocycles. The maximum Gasteiger partial charge on any atom is 0.122 e. The van der Waals surface area contributed by atoms with Crippen molar-refractivity contribution < 1.29 is 9.47 Å². The Morgan fingerprint density at radius 1 is 1.29 bits per heavy atom. The third-order valence-corrected chi connectivity index (χ3v) is 2.50. The molecule has 4 heteroatoms. The Kier molecular flexibility index (Phi) is 5.49. The lowest BCUT2D eigenvalue weighted by Crippen LogP contribution is -2.11.